The molecule has 1 aromatic heterocycles. The number of halogens is 4. The molecule has 0 unspecified atom stereocenters. The highest BCUT2D eigenvalue weighted by atomic mass is 19.4. The first kappa shape index (κ1) is 18.8. The molecule has 5 nitrogen and oxygen atoms in total. The largest absolute Gasteiger partial charge is 0.504 e. The lowest BCUT2D eigenvalue weighted by atomic mass is 10.0. The van der Waals surface area contributed by atoms with E-state index >= 15 is 0 Å². The summed E-state index contributed by atoms with van der Waals surface area (Å²) in [6.07, 6.45) is -0.457. The monoisotopic (exact) mass is 382 g/mol. The van der Waals surface area contributed by atoms with Gasteiger partial charge in [0.15, 0.2) is 11.6 Å². The van der Waals surface area contributed by atoms with Gasteiger partial charge < -0.3 is 5.11 Å². The Morgan fingerprint density at radius 3 is 2.30 bits per heavy atom. The van der Waals surface area contributed by atoms with E-state index in [0.717, 1.165) is 24.5 Å². The summed E-state index contributed by atoms with van der Waals surface area (Å²) in [6.45, 7) is 4.95. The predicted molar refractivity (Wildman–Crippen MR) is 92.9 cm³/mol. The Morgan fingerprint density at radius 1 is 1.19 bits per heavy atom. The molecule has 2 aromatic rings. The summed E-state index contributed by atoms with van der Waals surface area (Å²) in [5.74, 6) is -0.687. The van der Waals surface area contributed by atoms with Crippen LogP contribution in [-0.4, -0.2) is 14.9 Å². The molecule has 0 saturated carbocycles. The van der Waals surface area contributed by atoms with Crippen LogP contribution in [0.15, 0.2) is 42.2 Å². The lowest BCUT2D eigenvalue weighted by Crippen LogP contribution is -2.38. The van der Waals surface area contributed by atoms with Crippen molar-refractivity contribution >= 4 is 11.4 Å². The average Bonchev–Trinajstić information content (AvgIpc) is 3.00. The molecule has 0 amide bonds. The molecule has 9 heteroatoms. The van der Waals surface area contributed by atoms with Crippen molar-refractivity contribution in [3.63, 3.8) is 0 Å². The van der Waals surface area contributed by atoms with Gasteiger partial charge in [-0.3, -0.25) is 10.4 Å². The van der Waals surface area contributed by atoms with Crippen LogP contribution in [-0.2, 0) is 6.18 Å². The molecule has 0 saturated heterocycles. The number of rotatable bonds is 3. The maximum Gasteiger partial charge on any atom is 0.416 e. The van der Waals surface area contributed by atoms with Gasteiger partial charge in [0.25, 0.3) is 0 Å². The highest BCUT2D eigenvalue weighted by molar-refractivity contribution is 5.71. The third-order valence-electron chi connectivity index (χ3n) is 4.25. The molecule has 3 rings (SSSR count). The molecule has 1 aromatic carbocycles. The standard InChI is InChI=1S/C18H18F4N4O/c1-4-14-17(27)15(25-8-13(19)7-23-25)9-26(24-14)16-10(2)5-12(6-11(16)3)18(20,21)22/h5-9,24,27H,4H2,1-3H3. The van der Waals surface area contributed by atoms with Gasteiger partial charge in [-0.2, -0.15) is 18.3 Å². The lowest BCUT2D eigenvalue weighted by molar-refractivity contribution is -0.137. The number of aliphatic hydroxyl groups is 1. The van der Waals surface area contributed by atoms with Crippen LogP contribution >= 0.6 is 0 Å². The minimum absolute atomic E-state index is 0.112. The molecule has 0 radical (unpaired) electrons. The number of hydrogen-bond acceptors (Lipinski definition) is 4. The Kier molecular flexibility index (Phi) is 4.63. The average molecular weight is 382 g/mol. The maximum atomic E-state index is 13.3. The molecule has 1 aliphatic heterocycles. The number of alkyl halides is 3. The topological polar surface area (TPSA) is 53.3 Å². The van der Waals surface area contributed by atoms with E-state index in [1.165, 1.54) is 15.9 Å². The summed E-state index contributed by atoms with van der Waals surface area (Å²) in [7, 11) is 0. The quantitative estimate of drug-likeness (QED) is 0.758. The molecule has 0 bridgehead atoms. The molecule has 144 valence electrons. The van der Waals surface area contributed by atoms with Gasteiger partial charge in [-0.05, 0) is 43.5 Å². The second-order valence-electron chi connectivity index (χ2n) is 6.24. The fraction of sp³-hybridized carbons (Fsp3) is 0.278. The number of aromatic nitrogens is 2. The summed E-state index contributed by atoms with van der Waals surface area (Å²) in [4.78, 5) is 0. The predicted octanol–water partition coefficient (Wildman–Crippen LogP) is 4.66. The van der Waals surface area contributed by atoms with Crippen LogP contribution in [0.4, 0.5) is 23.2 Å². The van der Waals surface area contributed by atoms with Crippen LogP contribution in [0.1, 0.15) is 30.0 Å². The number of aliphatic hydroxyl groups excluding tert-OH is 1. The summed E-state index contributed by atoms with van der Waals surface area (Å²) in [5.41, 5.74) is 4.19. The van der Waals surface area contributed by atoms with Gasteiger partial charge >= 0.3 is 6.18 Å². The Hall–Kier alpha value is -2.97. The summed E-state index contributed by atoms with van der Waals surface area (Å²) >= 11 is 0. The maximum absolute atomic E-state index is 13.3. The highest BCUT2D eigenvalue weighted by Gasteiger charge is 2.32. The number of allylic oxidation sites excluding steroid dienone is 2. The van der Waals surface area contributed by atoms with E-state index in [2.05, 4.69) is 10.5 Å². The minimum Gasteiger partial charge on any atom is -0.504 e. The van der Waals surface area contributed by atoms with Crippen LogP contribution in [0.2, 0.25) is 0 Å². The fourth-order valence-corrected chi connectivity index (χ4v) is 3.04. The van der Waals surface area contributed by atoms with Gasteiger partial charge in [0.05, 0.1) is 35.5 Å². The van der Waals surface area contributed by atoms with Crippen LogP contribution < -0.4 is 10.4 Å². The van der Waals surface area contributed by atoms with Gasteiger partial charge in [0.2, 0.25) is 0 Å². The van der Waals surface area contributed by atoms with Crippen molar-refractivity contribution in [3.8, 4) is 0 Å². The number of hydrogen-bond donors (Lipinski definition) is 2. The van der Waals surface area contributed by atoms with E-state index in [1.54, 1.807) is 20.8 Å². The molecule has 0 aliphatic carbocycles. The SMILES string of the molecule is CCC1=C(O)C(n2cc(F)cn2)=CN(c2c(C)cc(C(F)(F)F)cc2C)N1. The molecule has 0 spiro atoms. The van der Waals surface area contributed by atoms with Crippen molar-refractivity contribution < 1.29 is 22.7 Å². The molecule has 2 N–H and O–H groups in total. The van der Waals surface area contributed by atoms with Crippen molar-refractivity contribution in [3.05, 3.63) is 64.7 Å². The van der Waals surface area contributed by atoms with Crippen LogP contribution in [0.25, 0.3) is 5.70 Å². The first-order chi connectivity index (χ1) is 12.6. The number of benzene rings is 1. The minimum atomic E-state index is -4.44. The zero-order valence-electron chi connectivity index (χ0n) is 14.9. The first-order valence-electron chi connectivity index (χ1n) is 8.21. The van der Waals surface area contributed by atoms with E-state index < -0.39 is 17.6 Å². The van der Waals surface area contributed by atoms with E-state index in [0.29, 0.717) is 28.9 Å². The third kappa shape index (κ3) is 3.49. The number of hydrazine groups is 1. The van der Waals surface area contributed by atoms with E-state index in [4.69, 9.17) is 0 Å². The second kappa shape index (κ2) is 6.64. The Morgan fingerprint density at radius 2 is 1.81 bits per heavy atom. The zero-order valence-corrected chi connectivity index (χ0v) is 14.9. The Labute approximate surface area is 153 Å². The Balaban J connectivity index is 2.11. The van der Waals surface area contributed by atoms with Gasteiger partial charge in [0, 0.05) is 0 Å². The van der Waals surface area contributed by atoms with Crippen molar-refractivity contribution in [2.75, 3.05) is 5.01 Å². The molecule has 27 heavy (non-hydrogen) atoms. The number of anilines is 1. The highest BCUT2D eigenvalue weighted by Crippen LogP contribution is 2.36. The molecule has 2 heterocycles. The number of nitrogens with zero attached hydrogens (tertiary/aromatic N) is 3. The van der Waals surface area contributed by atoms with Crippen LogP contribution in [0.5, 0.6) is 0 Å². The van der Waals surface area contributed by atoms with E-state index in [1.807, 2.05) is 0 Å². The third-order valence-corrected chi connectivity index (χ3v) is 4.25. The molecule has 0 fully saturated rings. The van der Waals surface area contributed by atoms with Gasteiger partial charge in [-0.1, -0.05) is 6.92 Å². The Bertz CT molecular complexity index is 920. The molecular formula is C18H18F4N4O. The fourth-order valence-electron chi connectivity index (χ4n) is 3.04. The van der Waals surface area contributed by atoms with Gasteiger partial charge in [-0.15, -0.1) is 0 Å². The zero-order chi connectivity index (χ0) is 19.9. The van der Waals surface area contributed by atoms with Crippen LogP contribution in [0.3, 0.4) is 0 Å². The van der Waals surface area contributed by atoms with Crippen molar-refractivity contribution in [1.82, 2.24) is 15.2 Å². The summed E-state index contributed by atoms with van der Waals surface area (Å²) in [6, 6.07) is 2.13. The van der Waals surface area contributed by atoms with Gasteiger partial charge in [0.1, 0.15) is 5.70 Å². The molecule has 1 aliphatic rings. The second-order valence-corrected chi connectivity index (χ2v) is 6.24. The smallest absolute Gasteiger partial charge is 0.416 e. The number of nitrogens with one attached hydrogen (secondary N) is 1. The van der Waals surface area contributed by atoms with Crippen molar-refractivity contribution in [2.24, 2.45) is 0 Å². The van der Waals surface area contributed by atoms with E-state index in [9.17, 15) is 22.7 Å². The summed E-state index contributed by atoms with van der Waals surface area (Å²) < 4.78 is 53.7. The van der Waals surface area contributed by atoms with Crippen molar-refractivity contribution in [1.29, 1.82) is 0 Å². The number of aryl methyl sites for hydroxylation is 2. The van der Waals surface area contributed by atoms with Crippen LogP contribution in [0, 0.1) is 19.7 Å². The van der Waals surface area contributed by atoms with E-state index in [-0.39, 0.29) is 11.5 Å². The first-order valence-corrected chi connectivity index (χ1v) is 8.21. The molecular weight excluding hydrogens is 364 g/mol. The normalized spacial score (nSPS) is 15.1. The summed E-state index contributed by atoms with van der Waals surface area (Å²) in [5, 5.41) is 15.8. The lowest BCUT2D eigenvalue weighted by Gasteiger charge is -2.32. The molecule has 0 atom stereocenters. The van der Waals surface area contributed by atoms with Gasteiger partial charge in [-0.25, -0.2) is 9.07 Å². The van der Waals surface area contributed by atoms with Crippen molar-refractivity contribution in [2.45, 2.75) is 33.4 Å².